The highest BCUT2D eigenvalue weighted by Gasteiger charge is 2.33. The van der Waals surface area contributed by atoms with Gasteiger partial charge in [-0.1, -0.05) is 31.0 Å². The molecule has 3 rings (SSSR count). The van der Waals surface area contributed by atoms with Gasteiger partial charge in [-0.25, -0.2) is 4.39 Å². The number of anilines is 1. The second-order valence-electron chi connectivity index (χ2n) is 7.02. The molecule has 134 valence electrons. The van der Waals surface area contributed by atoms with Crippen LogP contribution in [0.25, 0.3) is 0 Å². The molecular formula is C21H22FN3O. The standard InChI is InChI=1S/C21H22FN3O/c1-14(26)25-20-12-18(7-8-19(20)22)21(24,10-9-15-5-6-15)17-4-2-3-16(11-17)13-23/h2-4,7-8,11-12,15H,5-6,9-10,24H2,1H3,(H,25,26). The van der Waals surface area contributed by atoms with E-state index in [4.69, 9.17) is 5.73 Å². The number of nitriles is 1. The summed E-state index contributed by atoms with van der Waals surface area (Å²) < 4.78 is 14.1. The molecule has 0 aromatic heterocycles. The van der Waals surface area contributed by atoms with E-state index < -0.39 is 11.4 Å². The third-order valence-corrected chi connectivity index (χ3v) is 4.94. The van der Waals surface area contributed by atoms with Crippen LogP contribution in [0.4, 0.5) is 10.1 Å². The van der Waals surface area contributed by atoms with Gasteiger partial charge < -0.3 is 11.1 Å². The lowest BCUT2D eigenvalue weighted by molar-refractivity contribution is -0.114. The van der Waals surface area contributed by atoms with E-state index in [1.165, 1.54) is 25.8 Å². The Morgan fingerprint density at radius 2 is 2.04 bits per heavy atom. The maximum absolute atomic E-state index is 14.1. The average molecular weight is 351 g/mol. The van der Waals surface area contributed by atoms with Crippen molar-refractivity contribution < 1.29 is 9.18 Å². The number of benzene rings is 2. The Labute approximate surface area is 152 Å². The van der Waals surface area contributed by atoms with Gasteiger partial charge in [0.25, 0.3) is 0 Å². The van der Waals surface area contributed by atoms with Crippen molar-refractivity contribution in [1.29, 1.82) is 5.26 Å². The third-order valence-electron chi connectivity index (χ3n) is 4.94. The molecule has 1 saturated carbocycles. The van der Waals surface area contributed by atoms with E-state index in [0.717, 1.165) is 17.5 Å². The van der Waals surface area contributed by atoms with Crippen LogP contribution in [-0.2, 0) is 10.3 Å². The molecule has 26 heavy (non-hydrogen) atoms. The van der Waals surface area contributed by atoms with Crippen molar-refractivity contribution in [3.63, 3.8) is 0 Å². The van der Waals surface area contributed by atoms with Gasteiger partial charge in [-0.15, -0.1) is 0 Å². The summed E-state index contributed by atoms with van der Waals surface area (Å²) in [5.41, 5.74) is 8.19. The number of nitrogens with zero attached hydrogens (tertiary/aromatic N) is 1. The van der Waals surface area contributed by atoms with Gasteiger partial charge >= 0.3 is 0 Å². The highest BCUT2D eigenvalue weighted by Crippen LogP contribution is 2.40. The number of hydrogen-bond donors (Lipinski definition) is 2. The van der Waals surface area contributed by atoms with E-state index >= 15 is 0 Å². The molecule has 0 bridgehead atoms. The fourth-order valence-electron chi connectivity index (χ4n) is 3.25. The first-order valence-corrected chi connectivity index (χ1v) is 8.79. The largest absolute Gasteiger partial charge is 0.324 e. The summed E-state index contributed by atoms with van der Waals surface area (Å²) in [6.45, 7) is 1.34. The smallest absolute Gasteiger partial charge is 0.221 e. The fraction of sp³-hybridized carbons (Fsp3) is 0.333. The van der Waals surface area contributed by atoms with Crippen LogP contribution in [-0.4, -0.2) is 5.91 Å². The van der Waals surface area contributed by atoms with Gasteiger partial charge in [-0.3, -0.25) is 4.79 Å². The summed E-state index contributed by atoms with van der Waals surface area (Å²) >= 11 is 0. The predicted octanol–water partition coefficient (Wildman–Crippen LogP) is 4.05. The normalized spacial score (nSPS) is 15.8. The molecule has 4 nitrogen and oxygen atoms in total. The molecule has 1 aliphatic carbocycles. The van der Waals surface area contributed by atoms with E-state index in [1.54, 1.807) is 24.3 Å². The van der Waals surface area contributed by atoms with Gasteiger partial charge in [-0.05, 0) is 54.2 Å². The van der Waals surface area contributed by atoms with Crippen LogP contribution in [0.2, 0.25) is 0 Å². The summed E-state index contributed by atoms with van der Waals surface area (Å²) in [4.78, 5) is 11.4. The van der Waals surface area contributed by atoms with Crippen molar-refractivity contribution >= 4 is 11.6 Å². The fourth-order valence-corrected chi connectivity index (χ4v) is 3.25. The maximum atomic E-state index is 14.1. The second-order valence-corrected chi connectivity index (χ2v) is 7.02. The molecule has 2 aromatic rings. The summed E-state index contributed by atoms with van der Waals surface area (Å²) in [6.07, 6.45) is 4.10. The molecule has 0 saturated heterocycles. The zero-order chi connectivity index (χ0) is 18.7. The van der Waals surface area contributed by atoms with E-state index in [-0.39, 0.29) is 11.6 Å². The zero-order valence-electron chi connectivity index (χ0n) is 14.8. The molecular weight excluding hydrogens is 329 g/mol. The lowest BCUT2D eigenvalue weighted by Gasteiger charge is -2.32. The minimum Gasteiger partial charge on any atom is -0.324 e. The number of nitrogens with one attached hydrogen (secondary N) is 1. The Morgan fingerprint density at radius 1 is 1.31 bits per heavy atom. The van der Waals surface area contributed by atoms with Crippen molar-refractivity contribution in [1.82, 2.24) is 0 Å². The highest BCUT2D eigenvalue weighted by molar-refractivity contribution is 5.88. The molecule has 0 aliphatic heterocycles. The first-order chi connectivity index (χ1) is 12.4. The van der Waals surface area contributed by atoms with Gasteiger partial charge in [-0.2, -0.15) is 5.26 Å². The van der Waals surface area contributed by atoms with Crippen LogP contribution in [0.1, 0.15) is 49.3 Å². The summed E-state index contributed by atoms with van der Waals surface area (Å²) in [7, 11) is 0. The van der Waals surface area contributed by atoms with E-state index in [2.05, 4.69) is 11.4 Å². The maximum Gasteiger partial charge on any atom is 0.221 e. The first-order valence-electron chi connectivity index (χ1n) is 8.79. The van der Waals surface area contributed by atoms with Crippen LogP contribution in [0.5, 0.6) is 0 Å². The minimum atomic E-state index is -0.851. The summed E-state index contributed by atoms with van der Waals surface area (Å²) in [5, 5.41) is 11.7. The molecule has 0 spiro atoms. The highest BCUT2D eigenvalue weighted by atomic mass is 19.1. The van der Waals surface area contributed by atoms with Crippen LogP contribution in [0.15, 0.2) is 42.5 Å². The van der Waals surface area contributed by atoms with Crippen molar-refractivity contribution in [3.05, 3.63) is 65.0 Å². The SMILES string of the molecule is CC(=O)Nc1cc(C(N)(CCC2CC2)c2cccc(C#N)c2)ccc1F. The molecule has 1 aliphatic rings. The summed E-state index contributed by atoms with van der Waals surface area (Å²) in [5.74, 6) is -0.153. The number of halogens is 1. The van der Waals surface area contributed by atoms with Gasteiger partial charge in [0.15, 0.2) is 0 Å². The van der Waals surface area contributed by atoms with E-state index in [1.807, 2.05) is 12.1 Å². The molecule has 1 amide bonds. The molecule has 1 unspecified atom stereocenters. The second kappa shape index (κ2) is 7.27. The molecule has 1 fully saturated rings. The number of carbonyl (C=O) groups excluding carboxylic acids is 1. The monoisotopic (exact) mass is 351 g/mol. The number of nitrogens with two attached hydrogens (primary N) is 1. The molecule has 0 radical (unpaired) electrons. The third kappa shape index (κ3) is 3.92. The Bertz CT molecular complexity index is 870. The number of carbonyl (C=O) groups is 1. The van der Waals surface area contributed by atoms with Gasteiger partial charge in [0.1, 0.15) is 5.82 Å². The van der Waals surface area contributed by atoms with Crippen molar-refractivity contribution in [2.75, 3.05) is 5.32 Å². The Morgan fingerprint density at radius 3 is 2.69 bits per heavy atom. The Kier molecular flexibility index (Phi) is 5.06. The first kappa shape index (κ1) is 18.1. The molecule has 5 heteroatoms. The molecule has 2 aromatic carbocycles. The molecule has 3 N–H and O–H groups in total. The number of rotatable bonds is 6. The number of amides is 1. The predicted molar refractivity (Wildman–Crippen MR) is 98.8 cm³/mol. The van der Waals surface area contributed by atoms with Gasteiger partial charge in [0.2, 0.25) is 5.91 Å². The van der Waals surface area contributed by atoms with Gasteiger partial charge in [0.05, 0.1) is 22.9 Å². The summed E-state index contributed by atoms with van der Waals surface area (Å²) in [6, 6.07) is 14.0. The van der Waals surface area contributed by atoms with Crippen LogP contribution < -0.4 is 11.1 Å². The Hall–Kier alpha value is -2.71. The topological polar surface area (TPSA) is 78.9 Å². The number of hydrogen-bond acceptors (Lipinski definition) is 3. The van der Waals surface area contributed by atoms with Gasteiger partial charge in [0, 0.05) is 6.92 Å². The lowest BCUT2D eigenvalue weighted by Crippen LogP contribution is -2.38. The lowest BCUT2D eigenvalue weighted by atomic mass is 9.79. The average Bonchev–Trinajstić information content (AvgIpc) is 3.45. The Balaban J connectivity index is 2.05. The van der Waals surface area contributed by atoms with Crippen LogP contribution in [0, 0.1) is 23.1 Å². The van der Waals surface area contributed by atoms with Crippen LogP contribution in [0.3, 0.4) is 0 Å². The van der Waals surface area contributed by atoms with Crippen molar-refractivity contribution in [2.45, 2.75) is 38.1 Å². The van der Waals surface area contributed by atoms with Crippen LogP contribution >= 0.6 is 0 Å². The van der Waals surface area contributed by atoms with Crippen molar-refractivity contribution in [2.24, 2.45) is 11.7 Å². The van der Waals surface area contributed by atoms with E-state index in [9.17, 15) is 14.4 Å². The minimum absolute atomic E-state index is 0.118. The van der Waals surface area contributed by atoms with Crippen molar-refractivity contribution in [3.8, 4) is 6.07 Å². The molecule has 0 heterocycles. The van der Waals surface area contributed by atoms with E-state index in [0.29, 0.717) is 17.9 Å². The quantitative estimate of drug-likeness (QED) is 0.824. The molecule has 1 atom stereocenters. The zero-order valence-corrected chi connectivity index (χ0v) is 14.8.